The van der Waals surface area contributed by atoms with Gasteiger partial charge in [0.2, 0.25) is 5.75 Å². The molecule has 0 aliphatic heterocycles. The number of carbonyl (C=O) groups is 1. The molecule has 0 atom stereocenters. The molecule has 0 bridgehead atoms. The number of halogens is 3. The number of nitrogens with zero attached hydrogens (tertiary/aromatic N) is 4. The van der Waals surface area contributed by atoms with Crippen molar-refractivity contribution in [2.24, 2.45) is 5.10 Å². The maximum atomic E-state index is 13.4. The van der Waals surface area contributed by atoms with Gasteiger partial charge in [-0.05, 0) is 64.8 Å². The Balaban J connectivity index is 1.62. The Morgan fingerprint density at radius 1 is 1.23 bits per heavy atom. The van der Waals surface area contributed by atoms with Crippen LogP contribution in [0.15, 0.2) is 73.4 Å². The van der Waals surface area contributed by atoms with E-state index in [-0.39, 0.29) is 21.5 Å². The van der Waals surface area contributed by atoms with Crippen LogP contribution in [-0.4, -0.2) is 33.3 Å². The van der Waals surface area contributed by atoms with E-state index in [2.05, 4.69) is 47.3 Å². The molecule has 1 N–H and O–H groups in total. The van der Waals surface area contributed by atoms with Crippen molar-refractivity contribution in [1.82, 2.24) is 9.66 Å². The number of aromatic nitrogens is 2. The van der Waals surface area contributed by atoms with Gasteiger partial charge in [-0.3, -0.25) is 19.7 Å². The van der Waals surface area contributed by atoms with Crippen LogP contribution in [-0.2, 0) is 11.2 Å². The van der Waals surface area contributed by atoms with Crippen LogP contribution in [0.1, 0.15) is 31.2 Å². The highest BCUT2D eigenvalue weighted by Gasteiger charge is 2.21. The summed E-state index contributed by atoms with van der Waals surface area (Å²) in [5.41, 5.74) is 0.280. The molecule has 0 aliphatic carbocycles. The van der Waals surface area contributed by atoms with Crippen LogP contribution < -0.4 is 15.6 Å². The Hall–Kier alpha value is -3.97. The van der Waals surface area contributed by atoms with E-state index in [1.165, 1.54) is 41.2 Å². The fraction of sp³-hybridized carbons (Fsp3) is 0.185. The average Bonchev–Trinajstić information content (AvgIpc) is 2.91. The minimum Gasteiger partial charge on any atom is -0.476 e. The van der Waals surface area contributed by atoms with Gasteiger partial charge in [0.05, 0.1) is 26.5 Å². The molecule has 0 aliphatic rings. The number of amides is 1. The molecule has 206 valence electrons. The number of carbonyl (C=O) groups excluding carboxylic acids is 1. The van der Waals surface area contributed by atoms with Crippen molar-refractivity contribution in [2.45, 2.75) is 26.2 Å². The number of nitro benzene ring substituents is 1. The minimum atomic E-state index is -0.657. The Labute approximate surface area is 244 Å². The molecule has 0 radical (unpaired) electrons. The third-order valence-corrected chi connectivity index (χ3v) is 6.73. The fourth-order valence-electron chi connectivity index (χ4n) is 3.79. The number of nitrogens with one attached hydrogen (secondary N) is 1. The lowest BCUT2D eigenvalue weighted by atomic mass is 10.2. The van der Waals surface area contributed by atoms with E-state index < -0.39 is 28.9 Å². The van der Waals surface area contributed by atoms with Crippen LogP contribution in [0, 0.1) is 15.9 Å². The van der Waals surface area contributed by atoms with Crippen molar-refractivity contribution in [3.05, 3.63) is 101 Å². The van der Waals surface area contributed by atoms with E-state index >= 15 is 0 Å². The third-order valence-electron chi connectivity index (χ3n) is 5.65. The van der Waals surface area contributed by atoms with Crippen molar-refractivity contribution >= 4 is 66.3 Å². The van der Waals surface area contributed by atoms with E-state index in [9.17, 15) is 24.1 Å². The summed E-state index contributed by atoms with van der Waals surface area (Å²) in [5.74, 6) is -0.862. The highest BCUT2D eigenvalue weighted by atomic mass is 79.9. The second-order valence-corrected chi connectivity index (χ2v) is 10.4. The number of unbranched alkanes of at least 4 members (excludes halogenated alkanes) is 1. The fourth-order valence-corrected chi connectivity index (χ4v) is 4.73. The number of aryl methyl sites for hydroxylation is 1. The van der Waals surface area contributed by atoms with Crippen LogP contribution in [0.4, 0.5) is 15.8 Å². The average molecular weight is 675 g/mol. The number of anilines is 1. The summed E-state index contributed by atoms with van der Waals surface area (Å²) in [4.78, 5) is 41.3. The van der Waals surface area contributed by atoms with Gasteiger partial charge >= 0.3 is 5.69 Å². The van der Waals surface area contributed by atoms with E-state index in [4.69, 9.17) is 4.74 Å². The highest BCUT2D eigenvalue weighted by Crippen LogP contribution is 2.36. The summed E-state index contributed by atoms with van der Waals surface area (Å²) in [7, 11) is 0. The molecule has 4 rings (SSSR count). The van der Waals surface area contributed by atoms with E-state index in [0.29, 0.717) is 28.7 Å². The van der Waals surface area contributed by atoms with Crippen LogP contribution in [0.2, 0.25) is 0 Å². The Bertz CT molecular complexity index is 1690. The van der Waals surface area contributed by atoms with Gasteiger partial charge in [-0.25, -0.2) is 9.37 Å². The number of benzene rings is 3. The molecule has 4 aromatic rings. The van der Waals surface area contributed by atoms with Gasteiger partial charge in [-0.15, -0.1) is 0 Å². The van der Waals surface area contributed by atoms with Gasteiger partial charge in [0, 0.05) is 28.2 Å². The second-order valence-electron chi connectivity index (χ2n) is 8.61. The van der Waals surface area contributed by atoms with Gasteiger partial charge in [-0.1, -0.05) is 35.3 Å². The molecule has 0 fully saturated rings. The summed E-state index contributed by atoms with van der Waals surface area (Å²) in [6, 6.07) is 13.2. The number of fused-ring (bicyclic) bond motifs is 1. The summed E-state index contributed by atoms with van der Waals surface area (Å²) in [5, 5.41) is 19.0. The molecule has 13 heteroatoms. The SMILES string of the molecule is CCCCc1nc2ccc(Br)cc2c(=O)n1N=Cc1cc(Br)c(OCC(=O)Nc2cccc(F)c2)c([N+](=O)[O-])c1. The molecule has 40 heavy (non-hydrogen) atoms. The topological polar surface area (TPSA) is 129 Å². The van der Waals surface area contributed by atoms with E-state index in [1.807, 2.05) is 6.92 Å². The Morgan fingerprint density at radius 2 is 2.02 bits per heavy atom. The predicted octanol–water partition coefficient (Wildman–Crippen LogP) is 6.21. The summed E-state index contributed by atoms with van der Waals surface area (Å²) >= 11 is 6.63. The maximum absolute atomic E-state index is 13.4. The lowest BCUT2D eigenvalue weighted by Crippen LogP contribution is -2.22. The molecule has 1 amide bonds. The molecular formula is C27H22Br2FN5O5. The molecule has 0 saturated carbocycles. The minimum absolute atomic E-state index is 0.172. The van der Waals surface area contributed by atoms with Gasteiger partial charge in [0.15, 0.2) is 6.61 Å². The van der Waals surface area contributed by atoms with Crippen LogP contribution in [0.25, 0.3) is 10.9 Å². The molecule has 0 spiro atoms. The number of rotatable bonds is 10. The monoisotopic (exact) mass is 673 g/mol. The zero-order chi connectivity index (χ0) is 28.8. The molecule has 1 aromatic heterocycles. The third kappa shape index (κ3) is 6.96. The summed E-state index contributed by atoms with van der Waals surface area (Å²) in [6.45, 7) is 1.47. The van der Waals surface area contributed by atoms with Gasteiger partial charge in [0.25, 0.3) is 11.5 Å². The van der Waals surface area contributed by atoms with Crippen molar-refractivity contribution in [2.75, 3.05) is 11.9 Å². The first-order chi connectivity index (χ1) is 19.2. The second kappa shape index (κ2) is 12.9. The molecule has 1 heterocycles. The first-order valence-electron chi connectivity index (χ1n) is 12.1. The lowest BCUT2D eigenvalue weighted by Gasteiger charge is -2.11. The quantitative estimate of drug-likeness (QED) is 0.121. The Morgan fingerprint density at radius 3 is 2.75 bits per heavy atom. The van der Waals surface area contributed by atoms with E-state index in [1.54, 1.807) is 18.2 Å². The van der Waals surface area contributed by atoms with Crippen LogP contribution >= 0.6 is 31.9 Å². The number of hydrogen-bond acceptors (Lipinski definition) is 7. The highest BCUT2D eigenvalue weighted by molar-refractivity contribution is 9.10. The molecule has 0 saturated heterocycles. The Kier molecular flexibility index (Phi) is 9.38. The molecule has 10 nitrogen and oxygen atoms in total. The summed E-state index contributed by atoms with van der Waals surface area (Å²) < 4.78 is 20.9. The summed E-state index contributed by atoms with van der Waals surface area (Å²) in [6.07, 6.45) is 3.52. The van der Waals surface area contributed by atoms with E-state index in [0.717, 1.165) is 23.4 Å². The predicted molar refractivity (Wildman–Crippen MR) is 157 cm³/mol. The van der Waals surface area contributed by atoms with Gasteiger partial charge in [-0.2, -0.15) is 9.78 Å². The molecular weight excluding hydrogens is 653 g/mol. The van der Waals surface area contributed by atoms with Crippen molar-refractivity contribution < 1.29 is 18.8 Å². The van der Waals surface area contributed by atoms with Crippen LogP contribution in [0.3, 0.4) is 0 Å². The number of hydrogen-bond donors (Lipinski definition) is 1. The largest absolute Gasteiger partial charge is 0.476 e. The standard InChI is InChI=1S/C27H22Br2FN5O5/c1-2-3-7-24-33-22-9-8-17(28)12-20(22)27(37)34(24)31-14-16-10-21(29)26(23(11-16)35(38)39)40-15-25(36)32-19-6-4-5-18(30)13-19/h4-6,8-14H,2-3,7,15H2,1H3,(H,32,36). The lowest BCUT2D eigenvalue weighted by molar-refractivity contribution is -0.385. The van der Waals surface area contributed by atoms with Gasteiger partial charge < -0.3 is 10.1 Å². The first kappa shape index (κ1) is 29.0. The molecule has 0 unspecified atom stereocenters. The zero-order valence-corrected chi connectivity index (χ0v) is 24.2. The van der Waals surface area contributed by atoms with Crippen molar-refractivity contribution in [3.63, 3.8) is 0 Å². The van der Waals surface area contributed by atoms with Gasteiger partial charge in [0.1, 0.15) is 11.6 Å². The smallest absolute Gasteiger partial charge is 0.312 e. The maximum Gasteiger partial charge on any atom is 0.312 e. The normalized spacial score (nSPS) is 11.2. The zero-order valence-electron chi connectivity index (χ0n) is 21.1. The number of nitro groups is 1. The first-order valence-corrected chi connectivity index (χ1v) is 13.7. The van der Waals surface area contributed by atoms with Crippen molar-refractivity contribution in [3.8, 4) is 5.75 Å². The van der Waals surface area contributed by atoms with Crippen LogP contribution in [0.5, 0.6) is 5.75 Å². The number of ether oxygens (including phenoxy) is 1. The molecule has 3 aromatic carbocycles. The van der Waals surface area contributed by atoms with Crippen molar-refractivity contribution in [1.29, 1.82) is 0 Å².